The van der Waals surface area contributed by atoms with Crippen LogP contribution in [0.15, 0.2) is 35.2 Å². The monoisotopic (exact) mass is 357 g/mol. The summed E-state index contributed by atoms with van der Waals surface area (Å²) in [7, 11) is 0. The van der Waals surface area contributed by atoms with E-state index < -0.39 is 0 Å². The average molecular weight is 357 g/mol. The Hall–Kier alpha value is -2.14. The van der Waals surface area contributed by atoms with Gasteiger partial charge in [0, 0.05) is 11.4 Å². The summed E-state index contributed by atoms with van der Waals surface area (Å²) >= 11 is 1.61. The Balaban J connectivity index is 1.60. The zero-order valence-electron chi connectivity index (χ0n) is 15.0. The van der Waals surface area contributed by atoms with Crippen LogP contribution >= 0.6 is 11.8 Å². The summed E-state index contributed by atoms with van der Waals surface area (Å²) in [6, 6.07) is 10.1. The van der Waals surface area contributed by atoms with Crippen molar-refractivity contribution in [2.75, 3.05) is 6.79 Å². The summed E-state index contributed by atoms with van der Waals surface area (Å²) in [6.45, 7) is 8.97. The number of hydrogen-bond donors (Lipinski definition) is 1. The Kier molecular flexibility index (Phi) is 5.23. The highest BCUT2D eigenvalue weighted by Crippen LogP contribution is 2.33. The van der Waals surface area contributed by atoms with Gasteiger partial charge in [0.15, 0.2) is 11.5 Å². The number of benzene rings is 2. The van der Waals surface area contributed by atoms with Crippen molar-refractivity contribution in [1.29, 1.82) is 0 Å². The van der Waals surface area contributed by atoms with E-state index in [9.17, 15) is 4.79 Å². The van der Waals surface area contributed by atoms with Crippen molar-refractivity contribution >= 4 is 17.7 Å². The van der Waals surface area contributed by atoms with Gasteiger partial charge in [0.1, 0.15) is 0 Å². The van der Waals surface area contributed by atoms with Crippen LogP contribution in [0.2, 0.25) is 0 Å². The van der Waals surface area contributed by atoms with E-state index >= 15 is 0 Å². The number of carbonyl (C=O) groups is 1. The number of carbonyl (C=O) groups excluding carboxylic acids is 1. The number of nitrogens with one attached hydrogen (secondary N) is 1. The van der Waals surface area contributed by atoms with Gasteiger partial charge in [0.05, 0.1) is 5.25 Å². The normalized spacial score (nSPS) is 13.6. The molecule has 0 radical (unpaired) electrons. The van der Waals surface area contributed by atoms with E-state index in [4.69, 9.17) is 9.47 Å². The summed E-state index contributed by atoms with van der Waals surface area (Å²) < 4.78 is 10.7. The maximum atomic E-state index is 12.5. The molecule has 0 saturated carbocycles. The predicted molar refractivity (Wildman–Crippen MR) is 100 cm³/mol. The summed E-state index contributed by atoms with van der Waals surface area (Å²) in [5, 5.41) is 2.85. The van der Waals surface area contributed by atoms with E-state index in [1.807, 2.05) is 25.1 Å². The number of aryl methyl sites for hydroxylation is 3. The summed E-state index contributed by atoms with van der Waals surface area (Å²) in [5.74, 6) is 1.52. The lowest BCUT2D eigenvalue weighted by molar-refractivity contribution is -0.120. The highest BCUT2D eigenvalue weighted by molar-refractivity contribution is 8.00. The molecule has 0 saturated heterocycles. The molecule has 3 rings (SSSR count). The number of hydrogen-bond acceptors (Lipinski definition) is 4. The lowest BCUT2D eigenvalue weighted by atomic mass is 10.1. The van der Waals surface area contributed by atoms with Crippen LogP contribution in [0.25, 0.3) is 0 Å². The minimum Gasteiger partial charge on any atom is -0.454 e. The molecular formula is C20H23NO3S. The van der Waals surface area contributed by atoms with Crippen LogP contribution in [0, 0.1) is 20.8 Å². The van der Waals surface area contributed by atoms with E-state index in [0.29, 0.717) is 6.54 Å². The van der Waals surface area contributed by atoms with Crippen molar-refractivity contribution in [3.05, 3.63) is 52.6 Å². The molecule has 5 heteroatoms. The third kappa shape index (κ3) is 4.10. The van der Waals surface area contributed by atoms with Gasteiger partial charge in [-0.1, -0.05) is 23.8 Å². The molecule has 0 fully saturated rings. The fourth-order valence-electron chi connectivity index (χ4n) is 2.97. The number of rotatable bonds is 5. The van der Waals surface area contributed by atoms with E-state index in [-0.39, 0.29) is 18.0 Å². The van der Waals surface area contributed by atoms with Crippen LogP contribution in [0.1, 0.15) is 29.2 Å². The fourth-order valence-corrected chi connectivity index (χ4v) is 4.00. The molecule has 1 N–H and O–H groups in total. The second kappa shape index (κ2) is 7.40. The van der Waals surface area contributed by atoms with Gasteiger partial charge in [-0.15, -0.1) is 11.8 Å². The summed E-state index contributed by atoms with van der Waals surface area (Å²) in [5.41, 5.74) is 4.69. The number of fused-ring (bicyclic) bond motifs is 1. The topological polar surface area (TPSA) is 47.6 Å². The molecule has 1 aliphatic rings. The standard InChI is InChI=1S/C20H23NO3S/c1-12-7-13(2)19(14(3)8-12)25-15(4)20(22)21-10-16-5-6-17-18(9-16)24-11-23-17/h5-9,15H,10-11H2,1-4H3,(H,21,22). The van der Waals surface area contributed by atoms with Gasteiger partial charge in [0.2, 0.25) is 12.7 Å². The van der Waals surface area contributed by atoms with Crippen molar-refractivity contribution in [3.63, 3.8) is 0 Å². The third-order valence-corrected chi connectivity index (χ3v) is 5.62. The number of ether oxygens (including phenoxy) is 2. The molecule has 1 aliphatic heterocycles. The van der Waals surface area contributed by atoms with Crippen LogP contribution in [0.3, 0.4) is 0 Å². The lowest BCUT2D eigenvalue weighted by Crippen LogP contribution is -2.30. The highest BCUT2D eigenvalue weighted by Gasteiger charge is 2.18. The number of thioether (sulfide) groups is 1. The summed E-state index contributed by atoms with van der Waals surface area (Å²) in [6.07, 6.45) is 0. The minimum absolute atomic E-state index is 0.0297. The maximum absolute atomic E-state index is 12.5. The first kappa shape index (κ1) is 17.7. The van der Waals surface area contributed by atoms with Crippen LogP contribution in [-0.2, 0) is 11.3 Å². The van der Waals surface area contributed by atoms with Crippen molar-refractivity contribution < 1.29 is 14.3 Å². The van der Waals surface area contributed by atoms with Gasteiger partial charge in [-0.25, -0.2) is 0 Å². The Morgan fingerprint density at radius 2 is 1.80 bits per heavy atom. The predicted octanol–water partition coefficient (Wildman–Crippen LogP) is 4.14. The van der Waals surface area contributed by atoms with Crippen molar-refractivity contribution in [2.24, 2.45) is 0 Å². The molecule has 1 atom stereocenters. The molecule has 0 aliphatic carbocycles. The van der Waals surface area contributed by atoms with Crippen LogP contribution in [0.5, 0.6) is 11.5 Å². The minimum atomic E-state index is -0.158. The first-order chi connectivity index (χ1) is 11.9. The number of amides is 1. The Labute approximate surface area is 152 Å². The molecule has 132 valence electrons. The van der Waals surface area contributed by atoms with Crippen LogP contribution in [-0.4, -0.2) is 18.0 Å². The average Bonchev–Trinajstić information content (AvgIpc) is 3.03. The van der Waals surface area contributed by atoms with Crippen molar-refractivity contribution in [1.82, 2.24) is 5.32 Å². The van der Waals surface area contributed by atoms with Gasteiger partial charge in [-0.05, 0) is 56.5 Å². The Morgan fingerprint density at radius 1 is 1.12 bits per heavy atom. The summed E-state index contributed by atoms with van der Waals surface area (Å²) in [4.78, 5) is 13.6. The van der Waals surface area contributed by atoms with Crippen LogP contribution < -0.4 is 14.8 Å². The van der Waals surface area contributed by atoms with Gasteiger partial charge < -0.3 is 14.8 Å². The molecule has 1 unspecified atom stereocenters. The molecule has 4 nitrogen and oxygen atoms in total. The van der Waals surface area contributed by atoms with Crippen LogP contribution in [0.4, 0.5) is 0 Å². The molecule has 0 aromatic heterocycles. The van der Waals surface area contributed by atoms with Crippen molar-refractivity contribution in [3.8, 4) is 11.5 Å². The van der Waals surface area contributed by atoms with Gasteiger partial charge in [-0.2, -0.15) is 0 Å². The molecular weight excluding hydrogens is 334 g/mol. The maximum Gasteiger partial charge on any atom is 0.233 e. The van der Waals surface area contributed by atoms with Gasteiger partial charge in [-0.3, -0.25) is 4.79 Å². The van der Waals surface area contributed by atoms with Gasteiger partial charge in [0.25, 0.3) is 0 Å². The Bertz CT molecular complexity index is 781. The highest BCUT2D eigenvalue weighted by atomic mass is 32.2. The lowest BCUT2D eigenvalue weighted by Gasteiger charge is -2.16. The molecule has 2 aromatic carbocycles. The van der Waals surface area contributed by atoms with E-state index in [0.717, 1.165) is 17.1 Å². The van der Waals surface area contributed by atoms with Gasteiger partial charge >= 0.3 is 0 Å². The molecule has 2 aromatic rings. The zero-order chi connectivity index (χ0) is 18.0. The molecule has 1 amide bonds. The smallest absolute Gasteiger partial charge is 0.233 e. The van der Waals surface area contributed by atoms with E-state index in [1.165, 1.54) is 21.6 Å². The van der Waals surface area contributed by atoms with E-state index in [2.05, 4.69) is 38.2 Å². The fraction of sp³-hybridized carbons (Fsp3) is 0.350. The SMILES string of the molecule is Cc1cc(C)c(SC(C)C(=O)NCc2ccc3c(c2)OCO3)c(C)c1. The zero-order valence-corrected chi connectivity index (χ0v) is 15.8. The quantitative estimate of drug-likeness (QED) is 0.817. The molecule has 1 heterocycles. The molecule has 0 spiro atoms. The third-order valence-electron chi connectivity index (χ3n) is 4.17. The second-order valence-corrected chi connectivity index (χ2v) is 7.74. The molecule has 0 bridgehead atoms. The van der Waals surface area contributed by atoms with Crippen molar-refractivity contribution in [2.45, 2.75) is 44.4 Å². The first-order valence-corrected chi connectivity index (χ1v) is 9.23. The Morgan fingerprint density at radius 3 is 2.52 bits per heavy atom. The van der Waals surface area contributed by atoms with E-state index in [1.54, 1.807) is 11.8 Å². The largest absolute Gasteiger partial charge is 0.454 e. The first-order valence-electron chi connectivity index (χ1n) is 8.35. The second-order valence-electron chi connectivity index (χ2n) is 6.39. The molecule has 25 heavy (non-hydrogen) atoms.